The van der Waals surface area contributed by atoms with E-state index in [-0.39, 0.29) is 5.88 Å². The molecule has 4 rings (SSSR count). The Bertz CT molecular complexity index is 1280. The maximum atomic E-state index is 11.1. The third-order valence-corrected chi connectivity index (χ3v) is 6.32. The summed E-state index contributed by atoms with van der Waals surface area (Å²) in [5.41, 5.74) is 3.49. The predicted octanol–water partition coefficient (Wildman–Crippen LogP) is 5.57. The van der Waals surface area contributed by atoms with Gasteiger partial charge in [-0.25, -0.2) is 4.98 Å². The molecule has 0 fully saturated rings. The van der Waals surface area contributed by atoms with Gasteiger partial charge in [-0.05, 0) is 24.6 Å². The average molecular weight is 490 g/mol. The lowest BCUT2D eigenvalue weighted by Gasteiger charge is -2.18. The van der Waals surface area contributed by atoms with E-state index in [2.05, 4.69) is 38.2 Å². The van der Waals surface area contributed by atoms with E-state index < -0.39 is 11.8 Å². The van der Waals surface area contributed by atoms with E-state index >= 15 is 0 Å². The maximum Gasteiger partial charge on any atom is 0.220 e. The van der Waals surface area contributed by atoms with Crippen molar-refractivity contribution in [1.29, 1.82) is 10.5 Å². The fraction of sp³-hybridized carbons (Fsp3) is 0.130. The first-order valence-corrected chi connectivity index (χ1v) is 11.0. The van der Waals surface area contributed by atoms with E-state index in [4.69, 9.17) is 0 Å². The number of hydrogen-bond acceptors (Lipinski definition) is 6. The summed E-state index contributed by atoms with van der Waals surface area (Å²) in [7, 11) is 0. The van der Waals surface area contributed by atoms with Crippen LogP contribution in [0.15, 0.2) is 64.5 Å². The molecule has 0 bridgehead atoms. The summed E-state index contributed by atoms with van der Waals surface area (Å²) < 4.78 is 2.26. The van der Waals surface area contributed by atoms with E-state index in [1.54, 1.807) is 6.92 Å². The molecule has 2 heterocycles. The van der Waals surface area contributed by atoms with Crippen LogP contribution in [0.5, 0.6) is 5.88 Å². The van der Waals surface area contributed by atoms with E-state index in [0.29, 0.717) is 16.4 Å². The van der Waals surface area contributed by atoms with Crippen molar-refractivity contribution in [3.63, 3.8) is 0 Å². The maximum absolute atomic E-state index is 11.1. The molecule has 0 radical (unpaired) electrons. The molecule has 31 heavy (non-hydrogen) atoms. The molecule has 4 aromatic rings. The highest BCUT2D eigenvalue weighted by Gasteiger charge is 2.32. The number of aromatic nitrogens is 3. The summed E-state index contributed by atoms with van der Waals surface area (Å²) in [5.74, 6) is -1.75. The molecule has 1 N–H and O–H groups in total. The molecule has 0 spiro atoms. The number of rotatable bonds is 5. The highest BCUT2D eigenvalue weighted by atomic mass is 79.9. The Morgan fingerprint density at radius 2 is 1.74 bits per heavy atom. The number of nitrogens with zero attached hydrogens (tertiary/aromatic N) is 5. The molecule has 2 aromatic carbocycles. The van der Waals surface area contributed by atoms with Gasteiger partial charge in [0, 0.05) is 26.9 Å². The van der Waals surface area contributed by atoms with Crippen molar-refractivity contribution in [2.75, 3.05) is 0 Å². The quantitative estimate of drug-likeness (QED) is 0.395. The van der Waals surface area contributed by atoms with Gasteiger partial charge >= 0.3 is 0 Å². The Morgan fingerprint density at radius 3 is 2.39 bits per heavy atom. The van der Waals surface area contributed by atoms with Crippen LogP contribution in [0.25, 0.3) is 16.4 Å². The Hall–Kier alpha value is -3.46. The molecular formula is C23H16BrN5OS. The highest BCUT2D eigenvalue weighted by Crippen LogP contribution is 2.40. The van der Waals surface area contributed by atoms with Gasteiger partial charge in [0.1, 0.15) is 5.92 Å². The predicted molar refractivity (Wildman–Crippen MR) is 122 cm³/mol. The molecule has 2 aromatic heterocycles. The lowest BCUT2D eigenvalue weighted by atomic mass is 9.82. The normalized spacial score (nSPS) is 11.8. The monoisotopic (exact) mass is 489 g/mol. The molecular weight excluding hydrogens is 474 g/mol. The van der Waals surface area contributed by atoms with Crippen molar-refractivity contribution in [1.82, 2.24) is 14.8 Å². The Balaban J connectivity index is 1.81. The summed E-state index contributed by atoms with van der Waals surface area (Å²) in [6.45, 7) is 1.76. The number of hydrogen-bond donors (Lipinski definition) is 1. The van der Waals surface area contributed by atoms with E-state index in [1.807, 2.05) is 60.0 Å². The van der Waals surface area contributed by atoms with Crippen LogP contribution in [0.3, 0.4) is 0 Å². The van der Waals surface area contributed by atoms with E-state index in [9.17, 15) is 15.6 Å². The van der Waals surface area contributed by atoms with Gasteiger partial charge in [-0.3, -0.25) is 0 Å². The zero-order valence-corrected chi connectivity index (χ0v) is 18.8. The zero-order chi connectivity index (χ0) is 22.0. The van der Waals surface area contributed by atoms with Gasteiger partial charge in [-0.15, -0.1) is 11.3 Å². The van der Waals surface area contributed by atoms with Crippen LogP contribution in [0.1, 0.15) is 22.7 Å². The first-order chi connectivity index (χ1) is 15.0. The highest BCUT2D eigenvalue weighted by molar-refractivity contribution is 9.10. The minimum absolute atomic E-state index is 0.116. The molecule has 0 saturated carbocycles. The SMILES string of the molecule is Cc1nn(-c2nc(-c3ccccc3)cs2)c(O)c1C(c1ccc(Br)cc1)C(C#N)C#N. The van der Waals surface area contributed by atoms with Gasteiger partial charge in [0.15, 0.2) is 0 Å². The van der Waals surface area contributed by atoms with E-state index in [0.717, 1.165) is 21.3 Å². The molecule has 0 aliphatic heterocycles. The molecule has 8 heteroatoms. The molecule has 0 saturated heterocycles. The zero-order valence-electron chi connectivity index (χ0n) is 16.4. The summed E-state index contributed by atoms with van der Waals surface area (Å²) in [4.78, 5) is 4.62. The first-order valence-electron chi connectivity index (χ1n) is 9.38. The van der Waals surface area contributed by atoms with Crippen LogP contribution < -0.4 is 0 Å². The summed E-state index contributed by atoms with van der Waals surface area (Å²) in [5, 5.41) is 37.2. The van der Waals surface area contributed by atoms with Crippen molar-refractivity contribution < 1.29 is 5.11 Å². The Labute approximate surface area is 191 Å². The number of halogens is 1. The van der Waals surface area contributed by atoms with Crippen molar-refractivity contribution in [2.24, 2.45) is 5.92 Å². The topological polar surface area (TPSA) is 98.5 Å². The molecule has 152 valence electrons. The molecule has 1 unspecified atom stereocenters. The molecule has 0 aliphatic carbocycles. The molecule has 0 aliphatic rings. The second-order valence-electron chi connectivity index (χ2n) is 6.88. The van der Waals surface area contributed by atoms with Crippen LogP contribution in [-0.2, 0) is 0 Å². The van der Waals surface area contributed by atoms with Crippen molar-refractivity contribution in [3.8, 4) is 34.4 Å². The van der Waals surface area contributed by atoms with Crippen molar-refractivity contribution in [2.45, 2.75) is 12.8 Å². The minimum atomic E-state index is -0.986. The van der Waals surface area contributed by atoms with Gasteiger partial charge in [0.05, 0.1) is 23.5 Å². The first kappa shape index (κ1) is 20.8. The lowest BCUT2D eigenvalue weighted by Crippen LogP contribution is -2.12. The number of nitriles is 2. The third kappa shape index (κ3) is 3.96. The van der Waals surface area contributed by atoms with Crippen molar-refractivity contribution in [3.05, 3.63) is 81.3 Å². The van der Waals surface area contributed by atoms with Crippen LogP contribution in [-0.4, -0.2) is 19.9 Å². The number of thiazole rings is 1. The van der Waals surface area contributed by atoms with Crippen LogP contribution >= 0.6 is 27.3 Å². The standard InChI is InChI=1S/C23H16BrN5OS/c1-14-20(21(17(11-25)12-26)16-7-9-18(24)10-8-16)22(30)29(28-14)23-27-19(13-31-23)15-5-3-2-4-6-15/h2-10,13,17,21,30H,1H3. The van der Waals surface area contributed by atoms with Crippen LogP contribution in [0, 0.1) is 35.5 Å². The smallest absolute Gasteiger partial charge is 0.220 e. The fourth-order valence-electron chi connectivity index (χ4n) is 3.50. The fourth-order valence-corrected chi connectivity index (χ4v) is 4.55. The van der Waals surface area contributed by atoms with Gasteiger partial charge < -0.3 is 5.11 Å². The lowest BCUT2D eigenvalue weighted by molar-refractivity contribution is 0.423. The summed E-state index contributed by atoms with van der Waals surface area (Å²) in [6, 6.07) is 21.2. The summed E-state index contributed by atoms with van der Waals surface area (Å²) >= 11 is 4.76. The van der Waals surface area contributed by atoms with Gasteiger partial charge in [-0.1, -0.05) is 58.4 Å². The van der Waals surface area contributed by atoms with Gasteiger partial charge in [0.2, 0.25) is 11.0 Å². The van der Waals surface area contributed by atoms with Gasteiger partial charge in [0.25, 0.3) is 0 Å². The number of aromatic hydroxyl groups is 1. The Morgan fingerprint density at radius 1 is 1.06 bits per heavy atom. The number of benzene rings is 2. The average Bonchev–Trinajstić information content (AvgIpc) is 3.38. The van der Waals surface area contributed by atoms with Crippen LogP contribution in [0.2, 0.25) is 0 Å². The largest absolute Gasteiger partial charge is 0.493 e. The molecule has 0 amide bonds. The number of aryl methyl sites for hydroxylation is 1. The molecule has 1 atom stereocenters. The second kappa shape index (κ2) is 8.73. The third-order valence-electron chi connectivity index (χ3n) is 4.98. The van der Waals surface area contributed by atoms with Crippen molar-refractivity contribution >= 4 is 27.3 Å². The second-order valence-corrected chi connectivity index (χ2v) is 8.63. The molecule has 6 nitrogen and oxygen atoms in total. The Kier molecular flexibility index (Phi) is 5.85. The summed E-state index contributed by atoms with van der Waals surface area (Å²) in [6.07, 6.45) is 0. The van der Waals surface area contributed by atoms with E-state index in [1.165, 1.54) is 16.0 Å². The van der Waals surface area contributed by atoms with Gasteiger partial charge in [-0.2, -0.15) is 20.3 Å². The minimum Gasteiger partial charge on any atom is -0.493 e. The van der Waals surface area contributed by atoms with Crippen LogP contribution in [0.4, 0.5) is 0 Å².